The molecule has 1 rings (SSSR count). The van der Waals surface area contributed by atoms with Crippen molar-refractivity contribution >= 4 is 34.8 Å². The standard InChI is InChI=1S/C20H33Cl2N3O/c1-25(2,3)17-5-14-23-20(26)7-4-6-18-8-10-19(11-9-18)24(15-12-21)16-13-22/h8-11H,4-7,12-17H2,1-3H3. The quantitative estimate of drug-likeness (QED) is 0.167. The molecule has 0 bridgehead atoms. The monoisotopic (exact) mass is 401 g/mol. The maximum absolute atomic E-state index is 11.8. The summed E-state index contributed by atoms with van der Waals surface area (Å²) in [6.45, 7) is 3.25. The van der Waals surface area contributed by atoms with E-state index in [9.17, 15) is 5.11 Å². The second-order valence-electron chi connectivity index (χ2n) is 7.53. The average molecular weight is 402 g/mol. The van der Waals surface area contributed by atoms with E-state index in [0.29, 0.717) is 24.7 Å². The highest BCUT2D eigenvalue weighted by Crippen LogP contribution is 2.17. The number of anilines is 1. The molecule has 0 atom stereocenters. The lowest BCUT2D eigenvalue weighted by Crippen LogP contribution is -2.35. The number of hydrogen-bond acceptors (Lipinski definition) is 3. The van der Waals surface area contributed by atoms with Gasteiger partial charge in [0.25, 0.3) is 0 Å². The van der Waals surface area contributed by atoms with Crippen LogP contribution in [0, 0.1) is 0 Å². The molecule has 0 heterocycles. The van der Waals surface area contributed by atoms with Gasteiger partial charge in [0.05, 0.1) is 27.7 Å². The summed E-state index contributed by atoms with van der Waals surface area (Å²) in [4.78, 5) is 6.34. The predicted octanol–water partition coefficient (Wildman–Crippen LogP) is 3.15. The molecule has 0 aliphatic rings. The van der Waals surface area contributed by atoms with Crippen molar-refractivity contribution in [1.29, 1.82) is 0 Å². The summed E-state index contributed by atoms with van der Waals surface area (Å²) < 4.78 is 0.910. The van der Waals surface area contributed by atoms with E-state index in [0.717, 1.165) is 49.1 Å². The zero-order valence-electron chi connectivity index (χ0n) is 16.4. The zero-order chi connectivity index (χ0) is 19.4. The van der Waals surface area contributed by atoms with Gasteiger partial charge in [0.2, 0.25) is 0 Å². The molecule has 0 aliphatic heterocycles. The van der Waals surface area contributed by atoms with E-state index in [1.165, 1.54) is 5.56 Å². The minimum Gasteiger partial charge on any atom is -0.862 e. The first-order valence-electron chi connectivity index (χ1n) is 9.32. The van der Waals surface area contributed by atoms with Crippen molar-refractivity contribution < 1.29 is 9.59 Å². The van der Waals surface area contributed by atoms with E-state index in [2.05, 4.69) is 55.3 Å². The summed E-state index contributed by atoms with van der Waals surface area (Å²) >= 11 is 11.7. The molecule has 26 heavy (non-hydrogen) atoms. The van der Waals surface area contributed by atoms with Gasteiger partial charge in [0, 0.05) is 43.5 Å². The van der Waals surface area contributed by atoms with Gasteiger partial charge in [-0.1, -0.05) is 12.1 Å². The number of nitrogens with zero attached hydrogens (tertiary/aromatic N) is 3. The van der Waals surface area contributed by atoms with Gasteiger partial charge in [-0.2, -0.15) is 0 Å². The Morgan fingerprint density at radius 1 is 1.04 bits per heavy atom. The number of rotatable bonds is 13. The van der Waals surface area contributed by atoms with E-state index in [1.54, 1.807) is 0 Å². The van der Waals surface area contributed by atoms with Crippen LogP contribution in [0.2, 0.25) is 0 Å². The Hall–Kier alpha value is -0.970. The van der Waals surface area contributed by atoms with Crippen LogP contribution in [0.3, 0.4) is 0 Å². The van der Waals surface area contributed by atoms with Crippen LogP contribution in [0.1, 0.15) is 24.8 Å². The molecular formula is C20H33Cl2N3O. The van der Waals surface area contributed by atoms with Gasteiger partial charge in [0.1, 0.15) is 0 Å². The minimum atomic E-state index is 0.0263. The fourth-order valence-corrected chi connectivity index (χ4v) is 3.13. The summed E-state index contributed by atoms with van der Waals surface area (Å²) in [5.74, 6) is 1.19. The first kappa shape index (κ1) is 23.1. The van der Waals surface area contributed by atoms with Crippen molar-refractivity contribution in [2.45, 2.75) is 25.7 Å². The van der Waals surface area contributed by atoms with Gasteiger partial charge >= 0.3 is 0 Å². The Morgan fingerprint density at radius 3 is 2.19 bits per heavy atom. The average Bonchev–Trinajstić information content (AvgIpc) is 2.58. The molecular weight excluding hydrogens is 369 g/mol. The van der Waals surface area contributed by atoms with Gasteiger partial charge < -0.3 is 19.5 Å². The SMILES string of the molecule is C[N+](C)(C)CCCN=C([O-])CCCc1ccc(N(CCCl)CCCl)cc1. The molecule has 0 radical (unpaired) electrons. The number of quaternary nitrogens is 1. The Kier molecular flexibility index (Phi) is 11.0. The number of aryl methyl sites for hydroxylation is 1. The largest absolute Gasteiger partial charge is 0.862 e. The summed E-state index contributed by atoms with van der Waals surface area (Å²) in [7, 11) is 6.45. The van der Waals surface area contributed by atoms with Gasteiger partial charge in [-0.05, 0) is 42.9 Å². The van der Waals surface area contributed by atoms with Crippen molar-refractivity contribution in [3.05, 3.63) is 29.8 Å². The Morgan fingerprint density at radius 2 is 1.65 bits per heavy atom. The molecule has 0 unspecified atom stereocenters. The van der Waals surface area contributed by atoms with Crippen LogP contribution in [0.15, 0.2) is 29.3 Å². The van der Waals surface area contributed by atoms with Crippen LogP contribution in [-0.4, -0.2) is 69.5 Å². The molecule has 1 aromatic rings. The summed E-state index contributed by atoms with van der Waals surface area (Å²) in [5.41, 5.74) is 2.38. The minimum absolute atomic E-state index is 0.0263. The van der Waals surface area contributed by atoms with Crippen molar-refractivity contribution in [3.63, 3.8) is 0 Å². The molecule has 0 amide bonds. The highest BCUT2D eigenvalue weighted by Gasteiger charge is 2.06. The lowest BCUT2D eigenvalue weighted by Gasteiger charge is -2.23. The van der Waals surface area contributed by atoms with E-state index >= 15 is 0 Å². The fourth-order valence-electron chi connectivity index (χ4n) is 2.72. The molecule has 6 heteroatoms. The predicted molar refractivity (Wildman–Crippen MR) is 113 cm³/mol. The van der Waals surface area contributed by atoms with Gasteiger partial charge in [0.15, 0.2) is 0 Å². The van der Waals surface area contributed by atoms with Crippen LogP contribution in [0.4, 0.5) is 5.69 Å². The molecule has 0 saturated carbocycles. The lowest BCUT2D eigenvalue weighted by molar-refractivity contribution is -0.870. The molecule has 0 aromatic heterocycles. The highest BCUT2D eigenvalue weighted by atomic mass is 35.5. The number of aliphatic imine (C=N–C) groups is 1. The van der Waals surface area contributed by atoms with Crippen LogP contribution in [0.25, 0.3) is 0 Å². The second-order valence-corrected chi connectivity index (χ2v) is 8.28. The molecule has 0 spiro atoms. The molecule has 1 aromatic carbocycles. The summed E-state index contributed by atoms with van der Waals surface area (Å²) in [6.07, 6.45) is 3.21. The second kappa shape index (κ2) is 12.4. The van der Waals surface area contributed by atoms with Crippen LogP contribution < -0.4 is 10.0 Å². The van der Waals surface area contributed by atoms with E-state index in [1.807, 2.05) is 0 Å². The smallest absolute Gasteiger partial charge is 0.0798 e. The molecule has 148 valence electrons. The maximum atomic E-state index is 11.8. The Labute approximate surface area is 169 Å². The molecule has 0 N–H and O–H groups in total. The Bertz CT molecular complexity index is 521. The van der Waals surface area contributed by atoms with Gasteiger partial charge in [-0.25, -0.2) is 0 Å². The number of halogens is 2. The van der Waals surface area contributed by atoms with E-state index in [-0.39, 0.29) is 5.90 Å². The van der Waals surface area contributed by atoms with E-state index < -0.39 is 0 Å². The highest BCUT2D eigenvalue weighted by molar-refractivity contribution is 6.18. The summed E-state index contributed by atoms with van der Waals surface area (Å²) in [6, 6.07) is 8.44. The van der Waals surface area contributed by atoms with Crippen molar-refractivity contribution in [2.75, 3.05) is 64.0 Å². The fraction of sp³-hybridized carbons (Fsp3) is 0.650. The topological polar surface area (TPSA) is 38.7 Å². The van der Waals surface area contributed by atoms with Gasteiger partial charge in [-0.15, -0.1) is 23.2 Å². The summed E-state index contributed by atoms with van der Waals surface area (Å²) in [5, 5.41) is 11.8. The van der Waals surface area contributed by atoms with Crippen LogP contribution in [-0.2, 0) is 6.42 Å². The van der Waals surface area contributed by atoms with Crippen LogP contribution in [0.5, 0.6) is 0 Å². The normalized spacial score (nSPS) is 12.4. The molecule has 0 fully saturated rings. The van der Waals surface area contributed by atoms with Crippen molar-refractivity contribution in [3.8, 4) is 0 Å². The first-order chi connectivity index (χ1) is 12.4. The third kappa shape index (κ3) is 10.2. The maximum Gasteiger partial charge on any atom is 0.0798 e. The number of hydrogen-bond donors (Lipinski definition) is 0. The van der Waals surface area contributed by atoms with Crippen molar-refractivity contribution in [2.24, 2.45) is 4.99 Å². The lowest BCUT2D eigenvalue weighted by atomic mass is 10.1. The van der Waals surface area contributed by atoms with Gasteiger partial charge in [-0.3, -0.25) is 0 Å². The zero-order valence-corrected chi connectivity index (χ0v) is 17.9. The van der Waals surface area contributed by atoms with Crippen LogP contribution >= 0.6 is 23.2 Å². The molecule has 0 aliphatic carbocycles. The third-order valence-corrected chi connectivity index (χ3v) is 4.48. The molecule has 4 nitrogen and oxygen atoms in total. The van der Waals surface area contributed by atoms with E-state index in [4.69, 9.17) is 23.2 Å². The first-order valence-corrected chi connectivity index (χ1v) is 10.4. The van der Waals surface area contributed by atoms with Crippen molar-refractivity contribution in [1.82, 2.24) is 0 Å². The number of benzene rings is 1. The third-order valence-electron chi connectivity index (χ3n) is 4.14. The number of alkyl halides is 2. The molecule has 0 saturated heterocycles. The Balaban J connectivity index is 2.36.